The minimum atomic E-state index is -1.01. The van der Waals surface area contributed by atoms with Crippen LogP contribution in [0, 0.1) is 6.92 Å². The Balaban J connectivity index is 2.22. The van der Waals surface area contributed by atoms with Gasteiger partial charge in [0, 0.05) is 5.56 Å². The number of carbonyl (C=O) groups excluding carboxylic acids is 1. The standard InChI is InChI=1S/C14H12N2O4/c1-7-12-8-4-2-3-5-9(8)14(19)15-10(6-11(17)18)13(12)20-16-7/h2-5,10H,6H2,1H3,(H,15,19)(H,17,18)/t10-/m0/s1. The number of nitrogens with zero attached hydrogens (tertiary/aromatic N) is 1. The number of fused-ring (bicyclic) bond motifs is 3. The van der Waals surface area contributed by atoms with Crippen molar-refractivity contribution in [3.8, 4) is 11.1 Å². The second-order valence-electron chi connectivity index (χ2n) is 4.68. The van der Waals surface area contributed by atoms with Crippen molar-refractivity contribution < 1.29 is 19.2 Å². The van der Waals surface area contributed by atoms with Gasteiger partial charge in [0.25, 0.3) is 5.91 Å². The van der Waals surface area contributed by atoms with Gasteiger partial charge >= 0.3 is 5.97 Å². The highest BCUT2D eigenvalue weighted by molar-refractivity contribution is 6.03. The number of carboxylic acids is 1. The molecule has 1 aromatic heterocycles. The molecule has 102 valence electrons. The van der Waals surface area contributed by atoms with Crippen molar-refractivity contribution in [2.24, 2.45) is 0 Å². The third-order valence-electron chi connectivity index (χ3n) is 3.33. The molecule has 2 N–H and O–H groups in total. The molecule has 0 bridgehead atoms. The maximum Gasteiger partial charge on any atom is 0.305 e. The van der Waals surface area contributed by atoms with Gasteiger partial charge in [-0.25, -0.2) is 0 Å². The third kappa shape index (κ3) is 1.85. The summed E-state index contributed by atoms with van der Waals surface area (Å²) >= 11 is 0. The van der Waals surface area contributed by atoms with Gasteiger partial charge in [-0.1, -0.05) is 23.4 Å². The summed E-state index contributed by atoms with van der Waals surface area (Å²) < 4.78 is 5.26. The fourth-order valence-electron chi connectivity index (χ4n) is 2.47. The van der Waals surface area contributed by atoms with Gasteiger partial charge in [0.2, 0.25) is 0 Å². The summed E-state index contributed by atoms with van der Waals surface area (Å²) in [5.41, 5.74) is 2.55. The second kappa shape index (κ2) is 4.48. The van der Waals surface area contributed by atoms with Crippen LogP contribution in [-0.2, 0) is 4.79 Å². The van der Waals surface area contributed by atoms with E-state index in [1.165, 1.54) is 0 Å². The van der Waals surface area contributed by atoms with Gasteiger partial charge in [-0.15, -0.1) is 0 Å². The Labute approximate surface area is 114 Å². The predicted octanol–water partition coefficient (Wildman–Crippen LogP) is 1.91. The van der Waals surface area contributed by atoms with Crippen LogP contribution in [0.2, 0.25) is 0 Å². The SMILES string of the molecule is Cc1noc2c1-c1ccccc1C(=O)N[C@H]2CC(=O)O. The van der Waals surface area contributed by atoms with Gasteiger partial charge in [0.15, 0.2) is 5.76 Å². The molecule has 6 nitrogen and oxygen atoms in total. The number of aryl methyl sites for hydroxylation is 1. The van der Waals surface area contributed by atoms with E-state index in [1.807, 2.05) is 6.07 Å². The topological polar surface area (TPSA) is 92.4 Å². The van der Waals surface area contributed by atoms with E-state index < -0.39 is 12.0 Å². The van der Waals surface area contributed by atoms with Crippen molar-refractivity contribution in [3.05, 3.63) is 41.3 Å². The number of aliphatic carboxylic acids is 1. The predicted molar refractivity (Wildman–Crippen MR) is 69.1 cm³/mol. The molecule has 0 unspecified atom stereocenters. The number of aromatic nitrogens is 1. The summed E-state index contributed by atoms with van der Waals surface area (Å²) in [6.07, 6.45) is -0.249. The first-order valence-corrected chi connectivity index (χ1v) is 6.16. The Bertz CT molecular complexity index is 705. The summed E-state index contributed by atoms with van der Waals surface area (Å²) in [4.78, 5) is 23.2. The Morgan fingerprint density at radius 3 is 2.80 bits per heavy atom. The van der Waals surface area contributed by atoms with Gasteiger partial charge in [0.1, 0.15) is 6.04 Å². The zero-order valence-corrected chi connectivity index (χ0v) is 10.7. The molecule has 0 aliphatic carbocycles. The largest absolute Gasteiger partial charge is 0.481 e. The maximum absolute atomic E-state index is 12.2. The van der Waals surface area contributed by atoms with Crippen LogP contribution in [0.15, 0.2) is 28.8 Å². The van der Waals surface area contributed by atoms with Crippen LogP contribution in [0.5, 0.6) is 0 Å². The molecular formula is C14H12N2O4. The Morgan fingerprint density at radius 2 is 2.10 bits per heavy atom. The van der Waals surface area contributed by atoms with Crippen LogP contribution in [0.1, 0.15) is 34.3 Å². The third-order valence-corrected chi connectivity index (χ3v) is 3.33. The van der Waals surface area contributed by atoms with Crippen molar-refractivity contribution in [3.63, 3.8) is 0 Å². The summed E-state index contributed by atoms with van der Waals surface area (Å²) in [6.45, 7) is 1.77. The number of rotatable bonds is 2. The second-order valence-corrected chi connectivity index (χ2v) is 4.68. The van der Waals surface area contributed by atoms with E-state index in [-0.39, 0.29) is 12.3 Å². The van der Waals surface area contributed by atoms with Crippen LogP contribution in [0.4, 0.5) is 0 Å². The first-order chi connectivity index (χ1) is 9.58. The minimum absolute atomic E-state index is 0.249. The Kier molecular flexibility index (Phi) is 2.78. The fraction of sp³-hybridized carbons (Fsp3) is 0.214. The van der Waals surface area contributed by atoms with Crippen LogP contribution in [0.3, 0.4) is 0 Å². The molecule has 0 radical (unpaired) electrons. The summed E-state index contributed by atoms with van der Waals surface area (Å²) in [7, 11) is 0. The van der Waals surface area contributed by atoms with E-state index >= 15 is 0 Å². The average molecular weight is 272 g/mol. The summed E-state index contributed by atoms with van der Waals surface area (Å²) in [5.74, 6) is -0.929. The molecule has 0 saturated carbocycles. The highest BCUT2D eigenvalue weighted by Gasteiger charge is 2.32. The highest BCUT2D eigenvalue weighted by Crippen LogP contribution is 2.37. The van der Waals surface area contributed by atoms with Gasteiger partial charge in [-0.3, -0.25) is 9.59 Å². The van der Waals surface area contributed by atoms with E-state index in [0.29, 0.717) is 28.1 Å². The lowest BCUT2D eigenvalue weighted by Gasteiger charge is -2.11. The van der Waals surface area contributed by atoms with Crippen LogP contribution in [0.25, 0.3) is 11.1 Å². The smallest absolute Gasteiger partial charge is 0.305 e. The number of hydrogen-bond donors (Lipinski definition) is 2. The number of amides is 1. The first-order valence-electron chi connectivity index (χ1n) is 6.16. The van der Waals surface area contributed by atoms with Crippen LogP contribution in [-0.4, -0.2) is 22.1 Å². The van der Waals surface area contributed by atoms with Crippen LogP contribution < -0.4 is 5.32 Å². The maximum atomic E-state index is 12.2. The van der Waals surface area contributed by atoms with Crippen molar-refractivity contribution in [1.29, 1.82) is 0 Å². The van der Waals surface area contributed by atoms with Crippen molar-refractivity contribution in [2.45, 2.75) is 19.4 Å². The molecule has 1 amide bonds. The summed E-state index contributed by atoms with van der Waals surface area (Å²) in [5, 5.41) is 15.6. The van der Waals surface area contributed by atoms with E-state index in [0.717, 1.165) is 0 Å². The molecule has 1 aromatic carbocycles. The fourth-order valence-corrected chi connectivity index (χ4v) is 2.47. The molecule has 1 aliphatic heterocycles. The van der Waals surface area contributed by atoms with Gasteiger partial charge in [-0.2, -0.15) is 0 Å². The molecule has 0 fully saturated rings. The lowest BCUT2D eigenvalue weighted by Crippen LogP contribution is -2.28. The van der Waals surface area contributed by atoms with Gasteiger partial charge in [0.05, 0.1) is 17.7 Å². The monoisotopic (exact) mass is 272 g/mol. The Morgan fingerprint density at radius 1 is 1.40 bits per heavy atom. The zero-order chi connectivity index (χ0) is 14.3. The van der Waals surface area contributed by atoms with E-state index in [9.17, 15) is 9.59 Å². The van der Waals surface area contributed by atoms with E-state index in [1.54, 1.807) is 25.1 Å². The number of nitrogens with one attached hydrogen (secondary N) is 1. The molecule has 6 heteroatoms. The molecular weight excluding hydrogens is 260 g/mol. The average Bonchev–Trinajstić information content (AvgIpc) is 2.74. The molecule has 2 aromatic rings. The number of benzene rings is 1. The Hall–Kier alpha value is -2.63. The lowest BCUT2D eigenvalue weighted by molar-refractivity contribution is -0.137. The summed E-state index contributed by atoms with van der Waals surface area (Å²) in [6, 6.07) is 6.37. The van der Waals surface area contributed by atoms with Crippen molar-refractivity contribution in [2.75, 3.05) is 0 Å². The molecule has 20 heavy (non-hydrogen) atoms. The van der Waals surface area contributed by atoms with Gasteiger partial charge < -0.3 is 14.9 Å². The molecule has 2 heterocycles. The van der Waals surface area contributed by atoms with Crippen molar-refractivity contribution in [1.82, 2.24) is 10.5 Å². The van der Waals surface area contributed by atoms with Crippen LogP contribution >= 0.6 is 0 Å². The highest BCUT2D eigenvalue weighted by atomic mass is 16.5. The number of carbonyl (C=O) groups is 2. The number of hydrogen-bond acceptors (Lipinski definition) is 4. The quantitative estimate of drug-likeness (QED) is 0.871. The molecule has 0 saturated heterocycles. The zero-order valence-electron chi connectivity index (χ0n) is 10.7. The molecule has 3 rings (SSSR count). The van der Waals surface area contributed by atoms with Gasteiger partial charge in [-0.05, 0) is 18.6 Å². The van der Waals surface area contributed by atoms with E-state index in [4.69, 9.17) is 9.63 Å². The van der Waals surface area contributed by atoms with E-state index in [2.05, 4.69) is 10.5 Å². The molecule has 1 aliphatic rings. The number of carboxylic acid groups (broad SMARTS) is 1. The lowest BCUT2D eigenvalue weighted by atomic mass is 9.97. The minimum Gasteiger partial charge on any atom is -0.481 e. The molecule has 0 spiro atoms. The van der Waals surface area contributed by atoms with Crippen molar-refractivity contribution >= 4 is 11.9 Å². The molecule has 1 atom stereocenters. The normalized spacial score (nSPS) is 16.9. The first kappa shape index (κ1) is 12.4.